The predicted octanol–water partition coefficient (Wildman–Crippen LogP) is 4.65. The van der Waals surface area contributed by atoms with Crippen LogP contribution in [0, 0.1) is 0 Å². The number of carbonyl (C=O) groups excluding carboxylic acids is 1. The molecule has 0 fully saturated rings. The molecule has 0 unspecified atom stereocenters. The Morgan fingerprint density at radius 1 is 1.00 bits per heavy atom. The first-order valence-electron chi connectivity index (χ1n) is 9.53. The number of H-pyrrole nitrogens is 1. The van der Waals surface area contributed by atoms with E-state index in [1.165, 1.54) is 13.2 Å². The molecule has 2 aromatic carbocycles. The molecule has 0 aliphatic rings. The van der Waals surface area contributed by atoms with Crippen molar-refractivity contribution in [2.45, 2.75) is 12.6 Å². The number of nitrogens with zero attached hydrogens (tertiary/aromatic N) is 3. The SMILES string of the molecule is COC(=O)CCOc1ncc(-c2ccc(-c3nc4cc(C(F)(F)F)ccc4[nH]3)cc2)cn1. The number of ether oxygens (including phenoxy) is 2. The molecule has 0 atom stereocenters. The molecule has 4 rings (SSSR count). The number of methoxy groups -OCH3 is 1. The molecule has 7 nitrogen and oxygen atoms in total. The predicted molar refractivity (Wildman–Crippen MR) is 110 cm³/mol. The number of imidazole rings is 1. The van der Waals surface area contributed by atoms with Crippen LogP contribution in [0.5, 0.6) is 6.01 Å². The van der Waals surface area contributed by atoms with Gasteiger partial charge in [0.1, 0.15) is 12.4 Å². The van der Waals surface area contributed by atoms with Gasteiger partial charge in [0.15, 0.2) is 0 Å². The molecule has 0 aliphatic heterocycles. The maximum Gasteiger partial charge on any atom is 0.416 e. The van der Waals surface area contributed by atoms with Gasteiger partial charge < -0.3 is 14.5 Å². The average Bonchev–Trinajstić information content (AvgIpc) is 3.22. The fraction of sp³-hybridized carbons (Fsp3) is 0.182. The second-order valence-corrected chi connectivity index (χ2v) is 6.82. The summed E-state index contributed by atoms with van der Waals surface area (Å²) >= 11 is 0. The second-order valence-electron chi connectivity index (χ2n) is 6.82. The molecule has 0 radical (unpaired) electrons. The molecular formula is C22H17F3N4O3. The van der Waals surface area contributed by atoms with Crippen LogP contribution in [-0.2, 0) is 15.7 Å². The van der Waals surface area contributed by atoms with Crippen molar-refractivity contribution < 1.29 is 27.4 Å². The standard InChI is InChI=1S/C22H17F3N4O3/c1-31-19(30)8-9-32-21-26-11-15(12-27-21)13-2-4-14(5-3-13)20-28-17-7-6-16(22(23,24)25)10-18(17)29-20/h2-7,10-12H,8-9H2,1H3,(H,28,29). The molecular weight excluding hydrogens is 425 g/mol. The Morgan fingerprint density at radius 2 is 1.69 bits per heavy atom. The first-order chi connectivity index (χ1) is 15.3. The maximum atomic E-state index is 12.9. The smallest absolute Gasteiger partial charge is 0.416 e. The van der Waals surface area contributed by atoms with E-state index >= 15 is 0 Å². The Morgan fingerprint density at radius 3 is 2.34 bits per heavy atom. The summed E-state index contributed by atoms with van der Waals surface area (Å²) in [5, 5.41) is 0. The lowest BCUT2D eigenvalue weighted by Crippen LogP contribution is -2.08. The third kappa shape index (κ3) is 4.69. The number of nitrogens with one attached hydrogen (secondary N) is 1. The number of benzene rings is 2. The molecule has 164 valence electrons. The summed E-state index contributed by atoms with van der Waals surface area (Å²) < 4.78 is 48.6. The summed E-state index contributed by atoms with van der Waals surface area (Å²) in [5.74, 6) is 0.0865. The molecule has 0 aliphatic carbocycles. The summed E-state index contributed by atoms with van der Waals surface area (Å²) in [7, 11) is 1.30. The van der Waals surface area contributed by atoms with E-state index in [1.807, 2.05) is 12.1 Å². The van der Waals surface area contributed by atoms with Gasteiger partial charge in [-0.25, -0.2) is 15.0 Å². The number of hydrogen-bond donors (Lipinski definition) is 1. The Bertz CT molecular complexity index is 1240. The minimum Gasteiger partial charge on any atom is -0.469 e. The highest BCUT2D eigenvalue weighted by Gasteiger charge is 2.30. The molecule has 0 spiro atoms. The summed E-state index contributed by atoms with van der Waals surface area (Å²) in [6.45, 7) is 0.114. The van der Waals surface area contributed by atoms with Crippen molar-refractivity contribution in [1.29, 1.82) is 0 Å². The Kier molecular flexibility index (Phi) is 5.76. The third-order valence-electron chi connectivity index (χ3n) is 4.70. The lowest BCUT2D eigenvalue weighted by atomic mass is 10.1. The van der Waals surface area contributed by atoms with Gasteiger partial charge in [-0.15, -0.1) is 0 Å². The van der Waals surface area contributed by atoms with E-state index in [4.69, 9.17) is 4.74 Å². The van der Waals surface area contributed by atoms with E-state index < -0.39 is 11.7 Å². The van der Waals surface area contributed by atoms with Crippen LogP contribution in [0.1, 0.15) is 12.0 Å². The fourth-order valence-corrected chi connectivity index (χ4v) is 3.01. The van der Waals surface area contributed by atoms with E-state index in [-0.39, 0.29) is 30.5 Å². The first kappa shape index (κ1) is 21.3. The average molecular weight is 442 g/mol. The van der Waals surface area contributed by atoms with Crippen LogP contribution in [0.4, 0.5) is 13.2 Å². The summed E-state index contributed by atoms with van der Waals surface area (Å²) in [6, 6.07) is 10.8. The topological polar surface area (TPSA) is 90.0 Å². The van der Waals surface area contributed by atoms with Gasteiger partial charge in [-0.2, -0.15) is 13.2 Å². The third-order valence-corrected chi connectivity index (χ3v) is 4.70. The number of carbonyl (C=O) groups is 1. The zero-order valence-corrected chi connectivity index (χ0v) is 16.8. The highest BCUT2D eigenvalue weighted by molar-refractivity contribution is 5.80. The van der Waals surface area contributed by atoms with Crippen molar-refractivity contribution in [3.8, 4) is 28.5 Å². The lowest BCUT2D eigenvalue weighted by molar-refractivity contribution is -0.141. The van der Waals surface area contributed by atoms with Gasteiger partial charge in [-0.1, -0.05) is 24.3 Å². The molecule has 2 heterocycles. The quantitative estimate of drug-likeness (QED) is 0.438. The Balaban J connectivity index is 1.47. The summed E-state index contributed by atoms with van der Waals surface area (Å²) in [4.78, 5) is 26.6. The van der Waals surface area contributed by atoms with Crippen LogP contribution >= 0.6 is 0 Å². The fourth-order valence-electron chi connectivity index (χ4n) is 3.01. The van der Waals surface area contributed by atoms with Gasteiger partial charge in [0, 0.05) is 23.5 Å². The maximum absolute atomic E-state index is 12.9. The number of hydrogen-bond acceptors (Lipinski definition) is 6. The largest absolute Gasteiger partial charge is 0.469 e. The first-order valence-corrected chi connectivity index (χ1v) is 9.53. The molecule has 1 N–H and O–H groups in total. The van der Waals surface area contributed by atoms with Crippen LogP contribution < -0.4 is 4.74 Å². The van der Waals surface area contributed by atoms with Crippen LogP contribution in [0.15, 0.2) is 54.9 Å². The van der Waals surface area contributed by atoms with E-state index in [2.05, 4.69) is 24.7 Å². The van der Waals surface area contributed by atoms with Gasteiger partial charge in [0.2, 0.25) is 0 Å². The van der Waals surface area contributed by atoms with Gasteiger partial charge in [0.05, 0.1) is 30.1 Å². The minimum atomic E-state index is -4.42. The van der Waals surface area contributed by atoms with Crippen molar-refractivity contribution in [3.63, 3.8) is 0 Å². The van der Waals surface area contributed by atoms with Crippen LogP contribution in [0.2, 0.25) is 0 Å². The summed E-state index contributed by atoms with van der Waals surface area (Å²) in [5.41, 5.74) is 2.34. The summed E-state index contributed by atoms with van der Waals surface area (Å²) in [6.07, 6.45) is -1.13. The highest BCUT2D eigenvalue weighted by atomic mass is 19.4. The van der Waals surface area contributed by atoms with Crippen molar-refractivity contribution in [2.24, 2.45) is 0 Å². The number of esters is 1. The highest BCUT2D eigenvalue weighted by Crippen LogP contribution is 2.32. The van der Waals surface area contributed by atoms with E-state index in [9.17, 15) is 18.0 Å². The van der Waals surface area contributed by atoms with Gasteiger partial charge in [-0.3, -0.25) is 4.79 Å². The number of rotatable bonds is 6. The molecule has 0 saturated heterocycles. The number of aromatic nitrogens is 4. The van der Waals surface area contributed by atoms with Crippen LogP contribution in [0.3, 0.4) is 0 Å². The molecule has 4 aromatic rings. The van der Waals surface area contributed by atoms with Crippen molar-refractivity contribution in [1.82, 2.24) is 19.9 Å². The van der Waals surface area contributed by atoms with Gasteiger partial charge in [-0.05, 0) is 23.8 Å². The molecule has 0 saturated carbocycles. The minimum absolute atomic E-state index is 0.0996. The van der Waals surface area contributed by atoms with Crippen molar-refractivity contribution in [2.75, 3.05) is 13.7 Å². The Hall–Kier alpha value is -3.95. The molecule has 32 heavy (non-hydrogen) atoms. The Labute approximate surface area is 180 Å². The number of alkyl halides is 3. The molecule has 0 bridgehead atoms. The second kappa shape index (κ2) is 8.66. The van der Waals surface area contributed by atoms with Crippen LogP contribution in [0.25, 0.3) is 33.5 Å². The monoisotopic (exact) mass is 442 g/mol. The molecule has 10 heteroatoms. The lowest BCUT2D eigenvalue weighted by Gasteiger charge is -2.05. The van der Waals surface area contributed by atoms with E-state index in [0.29, 0.717) is 11.3 Å². The van der Waals surface area contributed by atoms with Crippen LogP contribution in [-0.4, -0.2) is 39.6 Å². The van der Waals surface area contributed by atoms with Crippen molar-refractivity contribution in [3.05, 3.63) is 60.4 Å². The normalized spacial score (nSPS) is 11.5. The van der Waals surface area contributed by atoms with Gasteiger partial charge >= 0.3 is 18.2 Å². The number of halogens is 3. The number of fused-ring (bicyclic) bond motifs is 1. The van der Waals surface area contributed by atoms with Crippen molar-refractivity contribution >= 4 is 17.0 Å². The zero-order valence-electron chi connectivity index (χ0n) is 16.8. The molecule has 2 aromatic heterocycles. The molecule has 0 amide bonds. The number of aromatic amines is 1. The van der Waals surface area contributed by atoms with E-state index in [0.717, 1.165) is 28.8 Å². The van der Waals surface area contributed by atoms with E-state index in [1.54, 1.807) is 24.5 Å². The zero-order chi connectivity index (χ0) is 22.7. The van der Waals surface area contributed by atoms with Gasteiger partial charge in [0.25, 0.3) is 0 Å².